The van der Waals surface area contributed by atoms with Crippen molar-refractivity contribution in [2.45, 2.75) is 31.8 Å². The molecule has 7 nitrogen and oxygen atoms in total. The van der Waals surface area contributed by atoms with E-state index in [1.807, 2.05) is 48.9 Å². The number of carbonyl (C=O) groups is 1. The van der Waals surface area contributed by atoms with Crippen molar-refractivity contribution in [1.82, 2.24) is 14.9 Å². The molecule has 0 aliphatic carbocycles. The standard InChI is InChI=1S/C32H29ClN4O3S/c1-23-7-17-29(18-8-23)41(39,40)37(22-26-9-13-27(33)14-10-26)31-6-4-3-5-30(31)32(38)35-21-25-11-15-28(16-12-25)36-20-19-34-24(36)2/h3-20H,21-22H2,1-2H3,(H,35,38). The predicted octanol–water partition coefficient (Wildman–Crippen LogP) is 6.47. The summed E-state index contributed by atoms with van der Waals surface area (Å²) in [5, 5.41) is 3.50. The first-order valence-electron chi connectivity index (χ1n) is 13.0. The van der Waals surface area contributed by atoms with Crippen molar-refractivity contribution in [1.29, 1.82) is 0 Å². The van der Waals surface area contributed by atoms with Crippen LogP contribution >= 0.6 is 11.6 Å². The number of rotatable bonds is 9. The average molecular weight is 585 g/mol. The van der Waals surface area contributed by atoms with E-state index in [-0.39, 0.29) is 35.1 Å². The average Bonchev–Trinajstić information content (AvgIpc) is 3.41. The highest BCUT2D eigenvalue weighted by atomic mass is 35.5. The lowest BCUT2D eigenvalue weighted by Gasteiger charge is -2.27. The molecule has 9 heteroatoms. The Kier molecular flexibility index (Phi) is 8.23. The number of aryl methyl sites for hydroxylation is 2. The van der Waals surface area contributed by atoms with Gasteiger partial charge in [-0.15, -0.1) is 0 Å². The summed E-state index contributed by atoms with van der Waals surface area (Å²) in [5.41, 5.74) is 4.09. The van der Waals surface area contributed by atoms with Gasteiger partial charge < -0.3 is 9.88 Å². The molecular formula is C32H29ClN4O3S. The van der Waals surface area contributed by atoms with Crippen LogP contribution in [-0.2, 0) is 23.1 Å². The van der Waals surface area contributed by atoms with E-state index in [0.717, 1.165) is 28.2 Å². The summed E-state index contributed by atoms with van der Waals surface area (Å²) in [4.78, 5) is 17.9. The topological polar surface area (TPSA) is 84.3 Å². The molecule has 1 N–H and O–H groups in total. The third-order valence-corrected chi connectivity index (χ3v) is 8.79. The number of imidazole rings is 1. The molecule has 41 heavy (non-hydrogen) atoms. The number of aromatic nitrogens is 2. The number of para-hydroxylation sites is 1. The molecule has 0 aliphatic rings. The Morgan fingerprint density at radius 2 is 1.54 bits per heavy atom. The van der Waals surface area contributed by atoms with Gasteiger partial charge >= 0.3 is 0 Å². The summed E-state index contributed by atoms with van der Waals surface area (Å²) in [7, 11) is -4.02. The number of nitrogens with one attached hydrogen (secondary N) is 1. The number of benzene rings is 4. The molecule has 4 aromatic carbocycles. The molecule has 1 aromatic heterocycles. The smallest absolute Gasteiger partial charge is 0.264 e. The molecule has 5 rings (SSSR count). The largest absolute Gasteiger partial charge is 0.348 e. The minimum Gasteiger partial charge on any atom is -0.348 e. The van der Waals surface area contributed by atoms with Crippen LogP contribution in [0.25, 0.3) is 5.69 Å². The second-order valence-electron chi connectivity index (χ2n) is 9.66. The van der Waals surface area contributed by atoms with E-state index in [2.05, 4.69) is 10.3 Å². The summed E-state index contributed by atoms with van der Waals surface area (Å²) in [6.45, 7) is 4.12. The molecular weight excluding hydrogens is 556 g/mol. The van der Waals surface area contributed by atoms with Crippen molar-refractivity contribution < 1.29 is 13.2 Å². The van der Waals surface area contributed by atoms with Gasteiger partial charge in [0.2, 0.25) is 0 Å². The van der Waals surface area contributed by atoms with E-state index in [9.17, 15) is 13.2 Å². The second-order valence-corrected chi connectivity index (χ2v) is 12.0. The predicted molar refractivity (Wildman–Crippen MR) is 162 cm³/mol. The number of hydrogen-bond acceptors (Lipinski definition) is 4. The lowest BCUT2D eigenvalue weighted by Crippen LogP contribution is -2.33. The zero-order chi connectivity index (χ0) is 29.0. The lowest BCUT2D eigenvalue weighted by atomic mass is 10.1. The molecule has 208 valence electrons. The third kappa shape index (κ3) is 6.34. The number of halogens is 1. The van der Waals surface area contributed by atoms with Crippen LogP contribution in [0.3, 0.4) is 0 Å². The van der Waals surface area contributed by atoms with Gasteiger partial charge in [0.25, 0.3) is 15.9 Å². The highest BCUT2D eigenvalue weighted by molar-refractivity contribution is 7.92. The third-order valence-electron chi connectivity index (χ3n) is 6.76. The molecule has 1 heterocycles. The molecule has 0 radical (unpaired) electrons. The Balaban J connectivity index is 1.43. The van der Waals surface area contributed by atoms with Gasteiger partial charge in [0.1, 0.15) is 5.82 Å². The second kappa shape index (κ2) is 12.0. The lowest BCUT2D eigenvalue weighted by molar-refractivity contribution is 0.0951. The van der Waals surface area contributed by atoms with Crippen molar-refractivity contribution in [2.75, 3.05) is 4.31 Å². The number of sulfonamides is 1. The zero-order valence-electron chi connectivity index (χ0n) is 22.7. The van der Waals surface area contributed by atoms with Crippen molar-refractivity contribution in [3.63, 3.8) is 0 Å². The Morgan fingerprint density at radius 1 is 0.878 bits per heavy atom. The van der Waals surface area contributed by atoms with E-state index in [1.54, 1.807) is 79.0 Å². The fraction of sp³-hybridized carbons (Fsp3) is 0.125. The molecule has 0 spiro atoms. The quantitative estimate of drug-likeness (QED) is 0.215. The van der Waals surface area contributed by atoms with Crippen LogP contribution in [0.2, 0.25) is 5.02 Å². The van der Waals surface area contributed by atoms with Gasteiger partial charge in [-0.1, -0.05) is 65.7 Å². The maximum absolute atomic E-state index is 14.0. The van der Waals surface area contributed by atoms with Gasteiger partial charge in [-0.2, -0.15) is 0 Å². The van der Waals surface area contributed by atoms with Crippen molar-refractivity contribution in [3.8, 4) is 5.69 Å². The highest BCUT2D eigenvalue weighted by Crippen LogP contribution is 2.30. The first kappa shape index (κ1) is 28.1. The maximum Gasteiger partial charge on any atom is 0.264 e. The first-order chi connectivity index (χ1) is 19.7. The molecule has 0 bridgehead atoms. The molecule has 0 fully saturated rings. The van der Waals surface area contributed by atoms with Crippen molar-refractivity contribution >= 4 is 33.2 Å². The van der Waals surface area contributed by atoms with Crippen LogP contribution in [0, 0.1) is 13.8 Å². The van der Waals surface area contributed by atoms with Crippen molar-refractivity contribution in [3.05, 3.63) is 143 Å². The molecule has 0 unspecified atom stereocenters. The van der Waals surface area contributed by atoms with Crippen LogP contribution in [0.15, 0.2) is 114 Å². The summed E-state index contributed by atoms with van der Waals surface area (Å²) in [5.74, 6) is 0.502. The summed E-state index contributed by atoms with van der Waals surface area (Å²) >= 11 is 6.07. The molecule has 1 amide bonds. The van der Waals surface area contributed by atoms with E-state index in [4.69, 9.17) is 11.6 Å². The number of nitrogens with zero attached hydrogens (tertiary/aromatic N) is 3. The van der Waals surface area contributed by atoms with Crippen molar-refractivity contribution in [2.24, 2.45) is 0 Å². The molecule has 0 aliphatic heterocycles. The number of anilines is 1. The minimum absolute atomic E-state index is 0.0206. The molecule has 0 saturated heterocycles. The van der Waals surface area contributed by atoms with Gasteiger partial charge in [-0.25, -0.2) is 13.4 Å². The SMILES string of the molecule is Cc1ccc(S(=O)(=O)N(Cc2ccc(Cl)cc2)c2ccccc2C(=O)NCc2ccc(-n3ccnc3C)cc2)cc1. The Hall–Kier alpha value is -4.40. The van der Waals surface area contributed by atoms with Gasteiger partial charge in [-0.3, -0.25) is 9.10 Å². The van der Waals surface area contributed by atoms with E-state index in [0.29, 0.717) is 5.02 Å². The van der Waals surface area contributed by atoms with Gasteiger partial charge in [0, 0.05) is 29.6 Å². The summed E-state index contributed by atoms with van der Waals surface area (Å²) in [6.07, 6.45) is 3.64. The first-order valence-corrected chi connectivity index (χ1v) is 14.8. The number of hydrogen-bond donors (Lipinski definition) is 1. The fourth-order valence-corrected chi connectivity index (χ4v) is 6.08. The van der Waals surface area contributed by atoms with E-state index >= 15 is 0 Å². The van der Waals surface area contributed by atoms with Gasteiger partial charge in [-0.05, 0) is 73.5 Å². The van der Waals surface area contributed by atoms with Crippen LogP contribution in [-0.4, -0.2) is 23.9 Å². The Labute approximate surface area is 245 Å². The minimum atomic E-state index is -4.02. The Bertz CT molecular complexity index is 1770. The Morgan fingerprint density at radius 3 is 2.20 bits per heavy atom. The summed E-state index contributed by atoms with van der Waals surface area (Å²) < 4.78 is 31.2. The zero-order valence-corrected chi connectivity index (χ0v) is 24.2. The van der Waals surface area contributed by atoms with E-state index < -0.39 is 10.0 Å². The van der Waals surface area contributed by atoms with Gasteiger partial charge in [0.05, 0.1) is 22.7 Å². The number of amides is 1. The van der Waals surface area contributed by atoms with Crippen LogP contribution in [0.1, 0.15) is 32.9 Å². The molecule has 5 aromatic rings. The maximum atomic E-state index is 14.0. The molecule has 0 saturated carbocycles. The summed E-state index contributed by atoms with van der Waals surface area (Å²) in [6, 6.07) is 28.2. The normalized spacial score (nSPS) is 11.3. The van der Waals surface area contributed by atoms with Crippen LogP contribution < -0.4 is 9.62 Å². The van der Waals surface area contributed by atoms with Crippen LogP contribution in [0.4, 0.5) is 5.69 Å². The van der Waals surface area contributed by atoms with E-state index in [1.165, 1.54) is 4.31 Å². The highest BCUT2D eigenvalue weighted by Gasteiger charge is 2.28. The van der Waals surface area contributed by atoms with Gasteiger partial charge in [0.15, 0.2) is 0 Å². The van der Waals surface area contributed by atoms with Crippen LogP contribution in [0.5, 0.6) is 0 Å². The number of carbonyl (C=O) groups excluding carboxylic acids is 1. The monoisotopic (exact) mass is 584 g/mol. The fourth-order valence-electron chi connectivity index (χ4n) is 4.48. The molecule has 0 atom stereocenters.